The van der Waals surface area contributed by atoms with Crippen molar-refractivity contribution in [2.24, 2.45) is 0 Å². The predicted molar refractivity (Wildman–Crippen MR) is 102 cm³/mol. The van der Waals surface area contributed by atoms with Gasteiger partial charge >= 0.3 is 156 Å². The number of allylic oxidation sites excluding steroid dienone is 5. The van der Waals surface area contributed by atoms with Crippen molar-refractivity contribution in [3.63, 3.8) is 0 Å². The quantitative estimate of drug-likeness (QED) is 0.528. The van der Waals surface area contributed by atoms with Gasteiger partial charge in [-0.2, -0.15) is 0 Å². The van der Waals surface area contributed by atoms with Crippen molar-refractivity contribution in [1.82, 2.24) is 0 Å². The van der Waals surface area contributed by atoms with Crippen LogP contribution < -0.4 is 24.8 Å². The maximum absolute atomic E-state index is 2.52. The van der Waals surface area contributed by atoms with Crippen LogP contribution in [0.4, 0.5) is 0 Å². The van der Waals surface area contributed by atoms with Crippen molar-refractivity contribution in [3.05, 3.63) is 92.8 Å². The average Bonchev–Trinajstić information content (AvgIpc) is 3.33. The molecule has 0 nitrogen and oxygen atoms in total. The van der Waals surface area contributed by atoms with E-state index in [1.165, 1.54) is 22.8 Å². The number of hydrogen-bond acceptors (Lipinski definition) is 0. The maximum atomic E-state index is 2.52. The Morgan fingerprint density at radius 2 is 1.58 bits per heavy atom. The Labute approximate surface area is 179 Å². The van der Waals surface area contributed by atoms with Crippen LogP contribution in [0.1, 0.15) is 21.2 Å². The summed E-state index contributed by atoms with van der Waals surface area (Å²) >= 11 is -0.632. The first-order valence-corrected chi connectivity index (χ1v) is 12.5. The molecule has 26 heavy (non-hydrogen) atoms. The standard InChI is InChI=1S/C17H12P.C5H5.2ClH.Zr/c1-2-6-14-10-17(9-13(14)5-1)18-11-15-7-3-4-8-16(15)12-18;1-2-4-5-3-1;;;/h1-12H;1-3H,4H2;2*1H;/q;;;;+2/p-2. The second-order valence-corrected chi connectivity index (χ2v) is 11.9. The largest absolute Gasteiger partial charge is 1.00 e. The zero-order valence-electron chi connectivity index (χ0n) is 14.1. The second kappa shape index (κ2) is 8.45. The van der Waals surface area contributed by atoms with E-state index in [0.717, 1.165) is 0 Å². The predicted octanol–water partition coefficient (Wildman–Crippen LogP) is 0.814. The summed E-state index contributed by atoms with van der Waals surface area (Å²) in [5.74, 6) is 5.05. The molecule has 2 aliphatic rings. The molecule has 5 rings (SSSR count). The first-order valence-electron chi connectivity index (χ1n) is 8.38. The Balaban J connectivity index is 0.000000980. The molecule has 0 N–H and O–H groups in total. The Kier molecular flexibility index (Phi) is 6.47. The Morgan fingerprint density at radius 3 is 2.27 bits per heavy atom. The van der Waals surface area contributed by atoms with Crippen LogP contribution in [-0.2, 0) is 23.2 Å². The minimum atomic E-state index is -0.632. The summed E-state index contributed by atoms with van der Waals surface area (Å²) < 4.78 is 2.45. The molecule has 0 spiro atoms. The number of fused-ring (bicyclic) bond motifs is 2. The molecule has 2 aliphatic carbocycles. The van der Waals surface area contributed by atoms with Crippen molar-refractivity contribution in [3.8, 4) is 0 Å². The van der Waals surface area contributed by atoms with Gasteiger partial charge in [0.2, 0.25) is 0 Å². The summed E-state index contributed by atoms with van der Waals surface area (Å²) in [6.07, 6.45) is 10.7. The van der Waals surface area contributed by atoms with Gasteiger partial charge in [-0.3, -0.25) is 0 Å². The van der Waals surface area contributed by atoms with Crippen LogP contribution in [0, 0.1) is 0 Å². The molecule has 1 heterocycles. The molecule has 3 aromatic rings. The van der Waals surface area contributed by atoms with Gasteiger partial charge in [0.05, 0.1) is 0 Å². The van der Waals surface area contributed by atoms with Gasteiger partial charge in [0.25, 0.3) is 0 Å². The number of rotatable bonds is 3. The molecule has 0 saturated carbocycles. The van der Waals surface area contributed by atoms with E-state index < -0.39 is 23.2 Å². The molecule has 0 radical (unpaired) electrons. The van der Waals surface area contributed by atoms with E-state index in [4.69, 9.17) is 0 Å². The smallest absolute Gasteiger partial charge is 1.00 e. The summed E-state index contributed by atoms with van der Waals surface area (Å²) in [7, 11) is -0.273. The van der Waals surface area contributed by atoms with Gasteiger partial charge in [0.15, 0.2) is 0 Å². The summed E-state index contributed by atoms with van der Waals surface area (Å²) in [4.78, 5) is 0. The SMILES string of the molecule is C1=CC[C]([Zr+2][CH]2C(p3cc4ccccc4c3)=Cc3ccccc32)=C1.[Cl-].[Cl-]. The third kappa shape index (κ3) is 3.61. The van der Waals surface area contributed by atoms with Crippen LogP contribution in [-0.4, -0.2) is 0 Å². The van der Waals surface area contributed by atoms with Crippen molar-refractivity contribution >= 4 is 29.7 Å². The number of benzene rings is 2. The molecule has 1 atom stereocenters. The molecular weight excluding hydrogens is 457 g/mol. The number of halogens is 2. The zero-order valence-corrected chi connectivity index (χ0v) is 18.9. The van der Waals surface area contributed by atoms with Crippen molar-refractivity contribution in [2.45, 2.75) is 10.0 Å². The molecule has 0 bridgehead atoms. The Bertz CT molecular complexity index is 996. The van der Waals surface area contributed by atoms with Gasteiger partial charge in [-0.1, -0.05) is 0 Å². The van der Waals surface area contributed by atoms with Gasteiger partial charge in [0, 0.05) is 0 Å². The third-order valence-corrected chi connectivity index (χ3v) is 11.6. The fourth-order valence-electron chi connectivity index (χ4n) is 3.65. The van der Waals surface area contributed by atoms with Gasteiger partial charge < -0.3 is 24.8 Å². The van der Waals surface area contributed by atoms with Crippen LogP contribution in [0.3, 0.4) is 0 Å². The minimum Gasteiger partial charge on any atom is -1.00 e. The topological polar surface area (TPSA) is 0 Å². The Hall–Kier alpha value is -0.837. The van der Waals surface area contributed by atoms with E-state index in [0.29, 0.717) is 3.63 Å². The normalized spacial score (nSPS) is 17.0. The van der Waals surface area contributed by atoms with E-state index in [9.17, 15) is 0 Å². The van der Waals surface area contributed by atoms with Gasteiger partial charge in [0.1, 0.15) is 0 Å². The Morgan fingerprint density at radius 1 is 0.885 bits per heavy atom. The van der Waals surface area contributed by atoms with E-state index >= 15 is 0 Å². The van der Waals surface area contributed by atoms with Crippen molar-refractivity contribution < 1.29 is 48.0 Å². The summed E-state index contributed by atoms with van der Waals surface area (Å²) in [6.45, 7) is 0. The zero-order chi connectivity index (χ0) is 15.9. The fourth-order valence-corrected chi connectivity index (χ4v) is 10.9. The van der Waals surface area contributed by atoms with Crippen LogP contribution >= 0.6 is 7.53 Å². The monoisotopic (exact) mass is 472 g/mol. The average molecular weight is 474 g/mol. The van der Waals surface area contributed by atoms with E-state index in [1.54, 1.807) is 14.2 Å². The van der Waals surface area contributed by atoms with Gasteiger partial charge in [-0.25, -0.2) is 0 Å². The second-order valence-electron chi connectivity index (χ2n) is 6.39. The molecule has 0 saturated heterocycles. The van der Waals surface area contributed by atoms with Gasteiger partial charge in [-0.05, 0) is 0 Å². The fraction of sp³-hybridized carbons (Fsp3) is 0.0909. The molecule has 0 aliphatic heterocycles. The molecule has 2 aromatic carbocycles. The van der Waals surface area contributed by atoms with Crippen LogP contribution in [0.5, 0.6) is 0 Å². The van der Waals surface area contributed by atoms with E-state index in [2.05, 4.69) is 84.4 Å². The molecule has 0 amide bonds. The molecule has 128 valence electrons. The van der Waals surface area contributed by atoms with E-state index in [1.807, 2.05) is 0 Å². The molecule has 1 aromatic heterocycles. The molecule has 1 unspecified atom stereocenters. The van der Waals surface area contributed by atoms with Gasteiger partial charge in [-0.15, -0.1) is 0 Å². The summed E-state index contributed by atoms with van der Waals surface area (Å²) in [6, 6.07) is 17.9. The summed E-state index contributed by atoms with van der Waals surface area (Å²) in [5.41, 5.74) is 3.05. The van der Waals surface area contributed by atoms with Crippen LogP contribution in [0.25, 0.3) is 22.2 Å². The third-order valence-electron chi connectivity index (χ3n) is 4.86. The minimum absolute atomic E-state index is 0. The summed E-state index contributed by atoms with van der Waals surface area (Å²) in [5, 5.41) is 4.54. The first kappa shape index (κ1) is 19.9. The van der Waals surface area contributed by atoms with Crippen LogP contribution in [0.15, 0.2) is 81.6 Å². The van der Waals surface area contributed by atoms with Crippen LogP contribution in [0.2, 0.25) is 0 Å². The van der Waals surface area contributed by atoms with E-state index in [-0.39, 0.29) is 32.3 Å². The first-order chi connectivity index (χ1) is 11.9. The molecular formula is C22H17Cl2PZr. The number of hydrogen-bond donors (Lipinski definition) is 0. The molecule has 0 fully saturated rings. The maximum Gasteiger partial charge on any atom is -1.00 e. The van der Waals surface area contributed by atoms with Crippen molar-refractivity contribution in [1.29, 1.82) is 0 Å². The molecule has 4 heteroatoms. The van der Waals surface area contributed by atoms with Crippen molar-refractivity contribution in [2.75, 3.05) is 0 Å².